The number of carbonyl (C=O) groups is 5. The normalized spacial score (nSPS) is 16.7. The number of benzene rings is 2. The van der Waals surface area contributed by atoms with E-state index in [4.69, 9.17) is 23.1 Å². The third-order valence-electron chi connectivity index (χ3n) is 13.9. The Morgan fingerprint density at radius 2 is 1.45 bits per heavy atom. The van der Waals surface area contributed by atoms with E-state index in [0.717, 1.165) is 19.3 Å². The van der Waals surface area contributed by atoms with Crippen LogP contribution in [0.2, 0.25) is 34.8 Å². The summed E-state index contributed by atoms with van der Waals surface area (Å²) in [5, 5.41) is 10.9. The standard InChI is InChI=1S/C50H79N5O10Si2/c1-17-24-62-48(60)54-43(31(2)3)45(57)51-35(10)44(56)52-37-20-18-36(19-21-37)28-63-47(59)53-40-26-42(65-67(32(4)5,33(6)7)34(8)9)41(61-14)25-39(40)46(58)55-30-50(22-23-50)27-38(55)29-64-66(15,16)49(11,12)13/h17-21,25-26,31-35,38,43H,1,22-24,27-30H2,2-16H3,(H,51,57)(H,52,56)(H,53,59)(H,54,60)/t35-,38-,43-/m0/s1. The van der Waals surface area contributed by atoms with Gasteiger partial charge in [0.15, 0.2) is 14.1 Å². The van der Waals surface area contributed by atoms with E-state index in [0.29, 0.717) is 35.9 Å². The van der Waals surface area contributed by atoms with Gasteiger partial charge in [0.05, 0.1) is 31.0 Å². The van der Waals surface area contributed by atoms with Gasteiger partial charge in [-0.2, -0.15) is 0 Å². The molecule has 1 aliphatic carbocycles. The van der Waals surface area contributed by atoms with Crippen molar-refractivity contribution in [3.05, 3.63) is 60.2 Å². The van der Waals surface area contributed by atoms with Crippen LogP contribution >= 0.6 is 0 Å². The largest absolute Gasteiger partial charge is 0.540 e. The van der Waals surface area contributed by atoms with E-state index in [1.54, 1.807) is 57.4 Å². The van der Waals surface area contributed by atoms with Gasteiger partial charge >= 0.3 is 12.2 Å². The fraction of sp³-hybridized carbons (Fsp3) is 0.620. The molecule has 1 aliphatic heterocycles. The average Bonchev–Trinajstić information content (AvgIpc) is 3.91. The van der Waals surface area contributed by atoms with Crippen molar-refractivity contribution in [3.63, 3.8) is 0 Å². The lowest BCUT2D eigenvalue weighted by molar-refractivity contribution is -0.128. The van der Waals surface area contributed by atoms with Gasteiger partial charge in [-0.25, -0.2) is 9.59 Å². The maximum absolute atomic E-state index is 14.9. The molecule has 372 valence electrons. The highest BCUT2D eigenvalue weighted by molar-refractivity contribution is 6.78. The predicted molar refractivity (Wildman–Crippen MR) is 269 cm³/mol. The number of ether oxygens (including phenoxy) is 3. The molecule has 1 spiro atoms. The Kier molecular flexibility index (Phi) is 18.4. The number of alkyl carbamates (subject to hydrolysis) is 1. The Balaban J connectivity index is 1.54. The van der Waals surface area contributed by atoms with E-state index >= 15 is 0 Å². The molecule has 67 heavy (non-hydrogen) atoms. The van der Waals surface area contributed by atoms with Crippen molar-refractivity contribution in [2.45, 2.75) is 162 Å². The molecule has 2 aliphatic rings. The predicted octanol–water partition coefficient (Wildman–Crippen LogP) is 10.4. The number of likely N-dealkylation sites (tertiary alicyclic amines) is 1. The molecule has 1 saturated carbocycles. The summed E-state index contributed by atoms with van der Waals surface area (Å²) in [5.41, 5.74) is 2.44. The molecule has 0 bridgehead atoms. The maximum atomic E-state index is 14.9. The van der Waals surface area contributed by atoms with E-state index in [1.165, 1.54) is 13.0 Å². The lowest BCUT2D eigenvalue weighted by Crippen LogP contribution is -2.53. The molecule has 3 atom stereocenters. The molecule has 1 heterocycles. The van der Waals surface area contributed by atoms with E-state index < -0.39 is 52.7 Å². The zero-order valence-corrected chi connectivity index (χ0v) is 44.8. The number of hydrogen-bond donors (Lipinski definition) is 4. The zero-order chi connectivity index (χ0) is 50.2. The first-order chi connectivity index (χ1) is 31.2. The second-order valence-electron chi connectivity index (χ2n) is 21.2. The summed E-state index contributed by atoms with van der Waals surface area (Å²) in [4.78, 5) is 68.8. The number of nitrogens with one attached hydrogen (secondary N) is 4. The third-order valence-corrected chi connectivity index (χ3v) is 24.4. The van der Waals surface area contributed by atoms with Crippen LogP contribution in [0.5, 0.6) is 11.5 Å². The third kappa shape index (κ3) is 13.6. The lowest BCUT2D eigenvalue weighted by Gasteiger charge is -2.42. The van der Waals surface area contributed by atoms with Gasteiger partial charge in [-0.1, -0.05) is 101 Å². The topological polar surface area (TPSA) is 183 Å². The Labute approximate surface area is 401 Å². The average molecular weight is 966 g/mol. The van der Waals surface area contributed by atoms with E-state index in [-0.39, 0.29) is 69.4 Å². The molecule has 4 N–H and O–H groups in total. The van der Waals surface area contributed by atoms with Crippen molar-refractivity contribution < 1.29 is 47.0 Å². The monoisotopic (exact) mass is 966 g/mol. The van der Waals surface area contributed by atoms with Crippen molar-refractivity contribution in [2.75, 3.05) is 37.5 Å². The minimum Gasteiger partial charge on any atom is -0.540 e. The molecule has 5 amide bonds. The first-order valence-electron chi connectivity index (χ1n) is 23.7. The lowest BCUT2D eigenvalue weighted by atomic mass is 10.0. The molecule has 4 rings (SSSR count). The van der Waals surface area contributed by atoms with Gasteiger partial charge in [-0.05, 0) is 96.0 Å². The van der Waals surface area contributed by atoms with E-state index in [1.807, 2.05) is 4.90 Å². The fourth-order valence-electron chi connectivity index (χ4n) is 8.83. The van der Waals surface area contributed by atoms with Crippen LogP contribution in [-0.4, -0.2) is 96.4 Å². The van der Waals surface area contributed by atoms with Gasteiger partial charge in [-0.15, -0.1) is 0 Å². The molecule has 17 heteroatoms. The summed E-state index contributed by atoms with van der Waals surface area (Å²) >= 11 is 0. The number of hydrogen-bond acceptors (Lipinski definition) is 10. The highest BCUT2D eigenvalue weighted by atomic mass is 28.4. The van der Waals surface area contributed by atoms with Gasteiger partial charge in [0.2, 0.25) is 11.8 Å². The van der Waals surface area contributed by atoms with Gasteiger partial charge < -0.3 is 43.9 Å². The van der Waals surface area contributed by atoms with Crippen LogP contribution in [0.15, 0.2) is 49.1 Å². The van der Waals surface area contributed by atoms with Crippen molar-refractivity contribution in [2.24, 2.45) is 11.3 Å². The van der Waals surface area contributed by atoms with Crippen LogP contribution in [0.25, 0.3) is 0 Å². The van der Waals surface area contributed by atoms with E-state index in [9.17, 15) is 24.0 Å². The molecule has 1 saturated heterocycles. The summed E-state index contributed by atoms with van der Waals surface area (Å²) in [7, 11) is -3.07. The number of rotatable bonds is 21. The molecule has 0 aromatic heterocycles. The SMILES string of the molecule is C=CCOC(=O)N[C@H](C(=O)N[C@@H](C)C(=O)Nc1ccc(COC(=O)Nc2cc(O[Si](C(C)C)(C(C)C)C(C)C)c(OC)cc2C(=O)N2CC3(CC3)C[C@H]2CO[Si](C)(C)C(C)(C)C)cc1)C(C)C. The van der Waals surface area contributed by atoms with Crippen molar-refractivity contribution in [1.82, 2.24) is 15.5 Å². The van der Waals surface area contributed by atoms with Crippen LogP contribution in [0.4, 0.5) is 21.0 Å². The maximum Gasteiger partial charge on any atom is 0.411 e. The molecule has 0 unspecified atom stereocenters. The Morgan fingerprint density at radius 3 is 1.97 bits per heavy atom. The van der Waals surface area contributed by atoms with Crippen LogP contribution in [0.1, 0.15) is 118 Å². The molecule has 2 aromatic rings. The van der Waals surface area contributed by atoms with Crippen LogP contribution in [-0.2, 0) is 30.1 Å². The first-order valence-corrected chi connectivity index (χ1v) is 28.8. The Hall–Kier alpha value is -4.88. The molecule has 15 nitrogen and oxygen atoms in total. The number of carbonyl (C=O) groups excluding carboxylic acids is 5. The Bertz CT molecular complexity index is 2060. The van der Waals surface area contributed by atoms with Crippen molar-refractivity contribution >= 4 is 57.9 Å². The minimum atomic E-state index is -2.52. The fourth-order valence-corrected chi connectivity index (χ4v) is 15.1. The molecular formula is C50H79N5O10Si2. The summed E-state index contributed by atoms with van der Waals surface area (Å²) < 4.78 is 30.5. The van der Waals surface area contributed by atoms with Gasteiger partial charge in [0.25, 0.3) is 14.2 Å². The van der Waals surface area contributed by atoms with Gasteiger partial charge in [0, 0.05) is 18.3 Å². The molecule has 2 fully saturated rings. The van der Waals surface area contributed by atoms with Crippen LogP contribution in [0.3, 0.4) is 0 Å². The van der Waals surface area contributed by atoms with Crippen LogP contribution in [0, 0.1) is 11.3 Å². The molecule has 0 radical (unpaired) electrons. The highest BCUT2D eigenvalue weighted by Gasteiger charge is 2.54. The highest BCUT2D eigenvalue weighted by Crippen LogP contribution is 2.56. The number of nitrogens with zero attached hydrogens (tertiary/aromatic N) is 1. The smallest absolute Gasteiger partial charge is 0.411 e. The first kappa shape index (κ1) is 54.7. The summed E-state index contributed by atoms with van der Waals surface area (Å²) in [5.74, 6) is -0.645. The molecular weight excluding hydrogens is 887 g/mol. The second kappa shape index (κ2) is 22.5. The number of methoxy groups -OCH3 is 1. The summed E-state index contributed by atoms with van der Waals surface area (Å²) in [6.45, 7) is 33.7. The zero-order valence-electron chi connectivity index (χ0n) is 42.8. The Morgan fingerprint density at radius 1 is 0.836 bits per heavy atom. The van der Waals surface area contributed by atoms with Gasteiger partial charge in [0.1, 0.15) is 31.0 Å². The summed E-state index contributed by atoms with van der Waals surface area (Å²) in [6, 6.07) is 8.14. The minimum absolute atomic E-state index is 0.00915. The van der Waals surface area contributed by atoms with Crippen molar-refractivity contribution in [3.8, 4) is 11.5 Å². The second-order valence-corrected chi connectivity index (χ2v) is 31.4. The number of anilines is 2. The quantitative estimate of drug-likeness (QED) is 0.0694. The molecule has 2 aromatic carbocycles. The van der Waals surface area contributed by atoms with E-state index in [2.05, 4.69) is 103 Å². The van der Waals surface area contributed by atoms with Gasteiger partial charge in [-0.3, -0.25) is 19.7 Å². The number of amides is 5. The van der Waals surface area contributed by atoms with Crippen LogP contribution < -0.4 is 30.4 Å². The van der Waals surface area contributed by atoms with Crippen molar-refractivity contribution in [1.29, 1.82) is 0 Å². The summed E-state index contributed by atoms with van der Waals surface area (Å²) in [6.07, 6.45) is 2.87.